The monoisotopic (exact) mass is 334 g/mol. The van der Waals surface area contributed by atoms with E-state index in [9.17, 15) is 0 Å². The van der Waals surface area contributed by atoms with Crippen molar-refractivity contribution < 1.29 is 4.42 Å². The van der Waals surface area contributed by atoms with Gasteiger partial charge in [0.2, 0.25) is 0 Å². The Hall–Kier alpha value is -0.720. The third-order valence-corrected chi connectivity index (χ3v) is 5.11. The summed E-state index contributed by atoms with van der Waals surface area (Å²) in [7, 11) is 0. The van der Waals surface area contributed by atoms with Crippen LogP contribution >= 0.6 is 0 Å². The van der Waals surface area contributed by atoms with E-state index < -0.39 is 0 Å². The largest absolute Gasteiger partial charge is 0.469 e. The van der Waals surface area contributed by atoms with E-state index >= 15 is 0 Å². The molecule has 1 aromatic heterocycles. The second-order valence-electron chi connectivity index (χ2n) is 7.49. The topological polar surface area (TPSA) is 13.1 Å². The minimum absolute atomic E-state index is 1.12. The fourth-order valence-corrected chi connectivity index (χ4v) is 3.48. The van der Waals surface area contributed by atoms with Gasteiger partial charge in [-0.25, -0.2) is 0 Å². The number of rotatable bonds is 18. The van der Waals surface area contributed by atoms with Crippen molar-refractivity contribution in [3.8, 4) is 0 Å². The number of hydrogen-bond donors (Lipinski definition) is 0. The van der Waals surface area contributed by atoms with Crippen LogP contribution in [0, 0.1) is 0 Å². The molecule has 1 heteroatoms. The SMILES string of the molecule is CCCCCCCCCCCCCCCCCCCc1ccco1. The van der Waals surface area contributed by atoms with Gasteiger partial charge in [0, 0.05) is 6.42 Å². The molecule has 1 heterocycles. The Morgan fingerprint density at radius 3 is 1.38 bits per heavy atom. The average Bonchev–Trinajstić information content (AvgIpc) is 3.11. The molecule has 1 rings (SSSR count). The first-order valence-electron chi connectivity index (χ1n) is 11.0. The highest BCUT2D eigenvalue weighted by molar-refractivity contribution is 4.97. The van der Waals surface area contributed by atoms with E-state index in [2.05, 4.69) is 13.0 Å². The van der Waals surface area contributed by atoms with Crippen LogP contribution in [0.1, 0.15) is 122 Å². The van der Waals surface area contributed by atoms with Crippen molar-refractivity contribution in [3.05, 3.63) is 24.2 Å². The Balaban J connectivity index is 1.66. The van der Waals surface area contributed by atoms with Gasteiger partial charge in [-0.15, -0.1) is 0 Å². The second kappa shape index (κ2) is 17.1. The van der Waals surface area contributed by atoms with Crippen molar-refractivity contribution in [2.24, 2.45) is 0 Å². The molecule has 1 nitrogen and oxygen atoms in total. The third kappa shape index (κ3) is 13.7. The number of aryl methyl sites for hydroxylation is 1. The summed E-state index contributed by atoms with van der Waals surface area (Å²) in [6.45, 7) is 2.29. The fraction of sp³-hybridized carbons (Fsp3) is 0.826. The molecule has 0 spiro atoms. The first-order chi connectivity index (χ1) is 11.9. The molecule has 0 aliphatic carbocycles. The molecule has 0 aliphatic rings. The maximum absolute atomic E-state index is 5.36. The Morgan fingerprint density at radius 2 is 1.00 bits per heavy atom. The molecular formula is C23H42O. The first-order valence-corrected chi connectivity index (χ1v) is 11.0. The Morgan fingerprint density at radius 1 is 0.583 bits per heavy atom. The summed E-state index contributed by atoms with van der Waals surface area (Å²) in [6, 6.07) is 4.08. The summed E-state index contributed by atoms with van der Waals surface area (Å²) in [5, 5.41) is 0. The summed E-state index contributed by atoms with van der Waals surface area (Å²) >= 11 is 0. The van der Waals surface area contributed by atoms with E-state index in [4.69, 9.17) is 4.42 Å². The zero-order valence-electron chi connectivity index (χ0n) is 16.4. The molecule has 1 aromatic rings. The van der Waals surface area contributed by atoms with Gasteiger partial charge in [0.1, 0.15) is 5.76 Å². The lowest BCUT2D eigenvalue weighted by Gasteiger charge is -2.03. The normalized spacial score (nSPS) is 11.2. The molecule has 140 valence electrons. The summed E-state index contributed by atoms with van der Waals surface area (Å²) in [6.07, 6.45) is 27.3. The molecule has 0 amide bonds. The van der Waals surface area contributed by atoms with Crippen LogP contribution in [-0.2, 0) is 6.42 Å². The maximum Gasteiger partial charge on any atom is 0.103 e. The van der Waals surface area contributed by atoms with Crippen molar-refractivity contribution in [3.63, 3.8) is 0 Å². The lowest BCUT2D eigenvalue weighted by atomic mass is 10.0. The van der Waals surface area contributed by atoms with Gasteiger partial charge in [0.05, 0.1) is 6.26 Å². The van der Waals surface area contributed by atoms with Crippen LogP contribution in [0.15, 0.2) is 22.8 Å². The van der Waals surface area contributed by atoms with Crippen molar-refractivity contribution in [2.45, 2.75) is 122 Å². The van der Waals surface area contributed by atoms with Crippen molar-refractivity contribution in [1.82, 2.24) is 0 Å². The summed E-state index contributed by atoms with van der Waals surface area (Å²) in [5.74, 6) is 1.15. The van der Waals surface area contributed by atoms with E-state index in [1.165, 1.54) is 109 Å². The molecule has 0 atom stereocenters. The highest BCUT2D eigenvalue weighted by Gasteiger charge is 1.97. The molecule has 0 radical (unpaired) electrons. The Kier molecular flexibility index (Phi) is 15.2. The van der Waals surface area contributed by atoms with E-state index in [0.29, 0.717) is 0 Å². The predicted octanol–water partition coefficient (Wildman–Crippen LogP) is 8.47. The quantitative estimate of drug-likeness (QED) is 0.245. The van der Waals surface area contributed by atoms with Gasteiger partial charge in [-0.3, -0.25) is 0 Å². The summed E-state index contributed by atoms with van der Waals surface area (Å²) in [5.41, 5.74) is 0. The molecule has 0 unspecified atom stereocenters. The Labute approximate surface area is 151 Å². The lowest BCUT2D eigenvalue weighted by molar-refractivity contribution is 0.489. The van der Waals surface area contributed by atoms with Crippen molar-refractivity contribution in [2.75, 3.05) is 0 Å². The second-order valence-corrected chi connectivity index (χ2v) is 7.49. The molecule has 0 saturated carbocycles. The maximum atomic E-state index is 5.36. The van der Waals surface area contributed by atoms with Crippen LogP contribution in [0.2, 0.25) is 0 Å². The first kappa shape index (κ1) is 21.3. The van der Waals surface area contributed by atoms with Crippen LogP contribution in [0.3, 0.4) is 0 Å². The van der Waals surface area contributed by atoms with Gasteiger partial charge in [0.15, 0.2) is 0 Å². The molecule has 0 fully saturated rings. The molecular weight excluding hydrogens is 292 g/mol. The van der Waals surface area contributed by atoms with Crippen LogP contribution in [0.25, 0.3) is 0 Å². The molecule has 0 aromatic carbocycles. The van der Waals surface area contributed by atoms with Crippen LogP contribution < -0.4 is 0 Å². The van der Waals surface area contributed by atoms with E-state index in [-0.39, 0.29) is 0 Å². The highest BCUT2D eigenvalue weighted by Crippen LogP contribution is 2.14. The summed E-state index contributed by atoms with van der Waals surface area (Å²) in [4.78, 5) is 0. The van der Waals surface area contributed by atoms with Gasteiger partial charge >= 0.3 is 0 Å². The molecule has 0 bridgehead atoms. The molecule has 0 saturated heterocycles. The number of hydrogen-bond acceptors (Lipinski definition) is 1. The zero-order valence-corrected chi connectivity index (χ0v) is 16.4. The third-order valence-electron chi connectivity index (χ3n) is 5.11. The lowest BCUT2D eigenvalue weighted by Crippen LogP contribution is -1.85. The van der Waals surface area contributed by atoms with Gasteiger partial charge in [0.25, 0.3) is 0 Å². The van der Waals surface area contributed by atoms with Crippen molar-refractivity contribution >= 4 is 0 Å². The van der Waals surface area contributed by atoms with Crippen molar-refractivity contribution in [1.29, 1.82) is 0 Å². The Bertz CT molecular complexity index is 328. The number of furan rings is 1. The van der Waals surface area contributed by atoms with Crippen LogP contribution in [0.5, 0.6) is 0 Å². The van der Waals surface area contributed by atoms with Gasteiger partial charge in [-0.2, -0.15) is 0 Å². The van der Waals surface area contributed by atoms with Gasteiger partial charge < -0.3 is 4.42 Å². The molecule has 0 N–H and O–H groups in total. The minimum atomic E-state index is 1.12. The van der Waals surface area contributed by atoms with Gasteiger partial charge in [-0.05, 0) is 18.6 Å². The fourth-order valence-electron chi connectivity index (χ4n) is 3.48. The predicted molar refractivity (Wildman–Crippen MR) is 107 cm³/mol. The standard InChI is InChI=1S/C23H42O/c1-2-3-4-5-6-7-8-9-10-11-12-13-14-15-16-17-18-20-23-21-19-22-24-23/h19,21-22H,2-18,20H2,1H3. The summed E-state index contributed by atoms with van der Waals surface area (Å²) < 4.78 is 5.36. The zero-order chi connectivity index (χ0) is 17.1. The van der Waals surface area contributed by atoms with Gasteiger partial charge in [-0.1, -0.05) is 110 Å². The average molecular weight is 335 g/mol. The minimum Gasteiger partial charge on any atom is -0.469 e. The van der Waals surface area contributed by atoms with E-state index in [1.807, 2.05) is 6.07 Å². The van der Waals surface area contributed by atoms with E-state index in [0.717, 1.165) is 12.2 Å². The molecule has 24 heavy (non-hydrogen) atoms. The van der Waals surface area contributed by atoms with Crippen LogP contribution in [0.4, 0.5) is 0 Å². The van der Waals surface area contributed by atoms with E-state index in [1.54, 1.807) is 6.26 Å². The molecule has 0 aliphatic heterocycles. The number of unbranched alkanes of at least 4 members (excludes halogenated alkanes) is 16. The highest BCUT2D eigenvalue weighted by atomic mass is 16.3. The smallest absolute Gasteiger partial charge is 0.103 e. The van der Waals surface area contributed by atoms with Crippen LogP contribution in [-0.4, -0.2) is 0 Å².